The Morgan fingerprint density at radius 1 is 1.12 bits per heavy atom. The molecule has 2 saturated carbocycles. The van der Waals surface area contributed by atoms with E-state index in [1.165, 1.54) is 30.0 Å². The summed E-state index contributed by atoms with van der Waals surface area (Å²) in [6.07, 6.45) is 0.833. The first-order valence-electron chi connectivity index (χ1n) is 20.0. The molecule has 1 aromatic heterocycles. The number of amides is 4. The van der Waals surface area contributed by atoms with Gasteiger partial charge in [-0.05, 0) is 82.4 Å². The van der Waals surface area contributed by atoms with E-state index in [4.69, 9.17) is 14.2 Å². The molecule has 3 fully saturated rings. The molecule has 2 aliphatic carbocycles. The molecule has 1 spiro atoms. The fraction of sp³-hybridized carbons (Fsp3) is 0.625. The van der Waals surface area contributed by atoms with Crippen LogP contribution < -0.4 is 24.8 Å². The van der Waals surface area contributed by atoms with Crippen molar-refractivity contribution in [3.63, 3.8) is 0 Å². The maximum absolute atomic E-state index is 14.7. The van der Waals surface area contributed by atoms with Gasteiger partial charge in [-0.25, -0.2) is 22.6 Å². The highest BCUT2D eigenvalue weighted by Crippen LogP contribution is 2.50. The van der Waals surface area contributed by atoms with Crippen molar-refractivity contribution in [2.24, 2.45) is 11.8 Å². The molecular weight excluding hydrogens is 803 g/mol. The van der Waals surface area contributed by atoms with E-state index in [1.807, 2.05) is 19.9 Å². The number of carbonyl (C=O) groups is 4. The van der Waals surface area contributed by atoms with Crippen LogP contribution >= 0.6 is 0 Å². The molecule has 3 aliphatic heterocycles. The lowest BCUT2D eigenvalue weighted by atomic mass is 9.87. The Morgan fingerprint density at radius 3 is 2.58 bits per heavy atom. The zero-order chi connectivity index (χ0) is 42.5. The van der Waals surface area contributed by atoms with Crippen LogP contribution in [0.3, 0.4) is 0 Å². The molecule has 0 bridgehead atoms. The summed E-state index contributed by atoms with van der Waals surface area (Å²) in [5.74, 6) is -3.61. The third kappa shape index (κ3) is 8.53. The topological polar surface area (TPSA) is 182 Å². The number of hydrogen-bond acceptors (Lipinski definition) is 10. The maximum atomic E-state index is 14.7. The number of aryl methyl sites for hydroxylation is 1. The average Bonchev–Trinajstić information content (AvgIpc) is 4.06. The van der Waals surface area contributed by atoms with Gasteiger partial charge in [0.1, 0.15) is 29.0 Å². The minimum atomic E-state index is -4.99. The molecule has 4 amide bonds. The van der Waals surface area contributed by atoms with Crippen molar-refractivity contribution in [2.45, 2.75) is 126 Å². The number of alkyl halides is 4. The number of pyridine rings is 1. The van der Waals surface area contributed by atoms with E-state index in [-0.39, 0.29) is 73.4 Å². The van der Waals surface area contributed by atoms with E-state index in [0.717, 1.165) is 0 Å². The van der Waals surface area contributed by atoms with Gasteiger partial charge in [0, 0.05) is 23.3 Å². The zero-order valence-corrected chi connectivity index (χ0v) is 33.9. The van der Waals surface area contributed by atoms with Crippen LogP contribution in [0, 0.1) is 11.8 Å². The Hall–Kier alpha value is -4.68. The van der Waals surface area contributed by atoms with Crippen molar-refractivity contribution in [1.29, 1.82) is 0 Å². The Kier molecular flexibility index (Phi) is 11.3. The fourth-order valence-electron chi connectivity index (χ4n) is 8.28. The molecule has 3 N–H and O–H groups in total. The van der Waals surface area contributed by atoms with Crippen molar-refractivity contribution >= 4 is 44.7 Å². The van der Waals surface area contributed by atoms with Gasteiger partial charge in [-0.2, -0.15) is 13.2 Å². The van der Waals surface area contributed by atoms with Crippen LogP contribution in [0.25, 0.3) is 10.9 Å². The molecule has 4 heterocycles. The normalized spacial score (nSPS) is 28.5. The first kappa shape index (κ1) is 42.4. The number of alkyl carbamates (subject to hydrolysis) is 1. The summed E-state index contributed by atoms with van der Waals surface area (Å²) in [6.45, 7) is 3.71. The summed E-state index contributed by atoms with van der Waals surface area (Å²) in [5, 5.41) is 5.65. The Balaban J connectivity index is 1.26. The van der Waals surface area contributed by atoms with Gasteiger partial charge in [-0.1, -0.05) is 38.8 Å². The van der Waals surface area contributed by atoms with Crippen LogP contribution in [0.15, 0.2) is 30.4 Å². The summed E-state index contributed by atoms with van der Waals surface area (Å²) >= 11 is 0. The van der Waals surface area contributed by atoms with Crippen LogP contribution in [-0.4, -0.2) is 90.1 Å². The van der Waals surface area contributed by atoms with Gasteiger partial charge < -0.3 is 29.7 Å². The average molecular weight is 852 g/mol. The van der Waals surface area contributed by atoms with Crippen molar-refractivity contribution in [2.75, 3.05) is 20.0 Å². The van der Waals surface area contributed by atoms with Crippen LogP contribution in [-0.2, 0) is 41.7 Å². The molecule has 14 nitrogen and oxygen atoms in total. The second kappa shape index (κ2) is 15.7. The Labute approximate surface area is 339 Å². The maximum Gasteiger partial charge on any atom is 0.437 e. The molecule has 5 atom stereocenters. The molecule has 1 aromatic carbocycles. The largest absolute Gasteiger partial charge is 0.483 e. The summed E-state index contributed by atoms with van der Waals surface area (Å²) in [4.78, 5) is 61.2. The zero-order valence-electron chi connectivity index (χ0n) is 33.1. The van der Waals surface area contributed by atoms with Gasteiger partial charge in [-0.15, -0.1) is 0 Å². The number of allylic oxidation sites excluding steroid dienone is 1. The van der Waals surface area contributed by atoms with Crippen molar-refractivity contribution in [1.82, 2.24) is 25.2 Å². The summed E-state index contributed by atoms with van der Waals surface area (Å²) < 4.78 is 101. The van der Waals surface area contributed by atoms with Crippen LogP contribution in [0.1, 0.15) is 96.2 Å². The first-order valence-corrected chi connectivity index (χ1v) is 21.5. The number of nitrogens with zero attached hydrogens (tertiary/aromatic N) is 2. The lowest BCUT2D eigenvalue weighted by Gasteiger charge is -2.37. The number of fused-ring (bicyclic) bond motifs is 5. The summed E-state index contributed by atoms with van der Waals surface area (Å²) in [7, 11) is -4.11. The van der Waals surface area contributed by atoms with Gasteiger partial charge in [0.2, 0.25) is 28.7 Å². The minimum Gasteiger partial charge on any atom is -0.483 e. The van der Waals surface area contributed by atoms with Gasteiger partial charge in [-0.3, -0.25) is 19.1 Å². The van der Waals surface area contributed by atoms with Gasteiger partial charge >= 0.3 is 12.3 Å². The van der Waals surface area contributed by atoms with E-state index in [2.05, 4.69) is 20.3 Å². The Morgan fingerprint density at radius 2 is 1.88 bits per heavy atom. The highest BCUT2D eigenvalue weighted by atomic mass is 32.2. The predicted octanol–water partition coefficient (Wildman–Crippen LogP) is 5.37. The molecule has 0 unspecified atom stereocenters. The highest BCUT2D eigenvalue weighted by molar-refractivity contribution is 7.91. The minimum absolute atomic E-state index is 0.0100. The first-order chi connectivity index (χ1) is 27.8. The van der Waals surface area contributed by atoms with Gasteiger partial charge in [0.25, 0.3) is 5.91 Å². The second-order valence-corrected chi connectivity index (χ2v) is 19.3. The Bertz CT molecular complexity index is 2160. The second-order valence-electron chi connectivity index (χ2n) is 17.1. The van der Waals surface area contributed by atoms with E-state index in [0.29, 0.717) is 38.5 Å². The van der Waals surface area contributed by atoms with E-state index in [1.54, 1.807) is 6.08 Å². The quantitative estimate of drug-likeness (QED) is 0.231. The number of halogens is 4. The number of sulfonamides is 1. The molecule has 59 heavy (non-hydrogen) atoms. The number of benzene rings is 1. The van der Waals surface area contributed by atoms with Crippen molar-refractivity contribution in [3.05, 3.63) is 41.6 Å². The predicted molar refractivity (Wildman–Crippen MR) is 204 cm³/mol. The number of carbonyl (C=O) groups excluding carboxylic acids is 4. The van der Waals surface area contributed by atoms with Crippen LogP contribution in [0.4, 0.5) is 22.4 Å². The third-order valence-corrected chi connectivity index (χ3v) is 14.3. The number of hydrogen-bond donors (Lipinski definition) is 3. The molecule has 5 aliphatic rings. The molecule has 7 rings (SSSR count). The van der Waals surface area contributed by atoms with E-state index in [9.17, 15) is 45.2 Å². The SMILES string of the molecule is CC(C)COC(=O)N[C@H]1CCCCC/C=C\[C@@H]2C[C@@]2(C(=O)NS(=O)(=O)C2(C)CC2)NC(=O)[C@@H]2C[C@]3(CCc4c(c(C(F)(F)F)nc5ccc(OCF)cc45)O3)CN2C1=O. The number of rotatable bonds is 8. The van der Waals surface area contributed by atoms with Gasteiger partial charge in [0.05, 0.1) is 23.4 Å². The highest BCUT2D eigenvalue weighted by Gasteiger charge is 2.64. The molecule has 1 saturated heterocycles. The third-order valence-electron chi connectivity index (χ3n) is 12.1. The van der Waals surface area contributed by atoms with E-state index < -0.39 is 92.2 Å². The van der Waals surface area contributed by atoms with Crippen LogP contribution in [0.2, 0.25) is 0 Å². The monoisotopic (exact) mass is 851 g/mol. The number of aromatic nitrogens is 1. The standard InChI is InChI=1S/C40H49F4N5O9S/c1-23(2)20-56-36(53)46-29-10-8-6-4-5-7-9-24-18-39(24,35(52)48-59(54,55)37(3)15-16-37)47-33(50)30-19-38(21-49(30)34(29)51)14-13-26-27-17-25(57-22-41)11-12-28(27)45-32(31(26)58-38)40(42,43)44/h7,9,11-12,17,23-24,29-30H,4-6,8,10,13-16,18-22H2,1-3H3,(H,46,53)(H,47,50)(H,48,52)/b9-7-/t24-,29+,30+,38-,39-/m1/s1. The summed E-state index contributed by atoms with van der Waals surface area (Å²) in [5.41, 5.74) is -4.48. The van der Waals surface area contributed by atoms with Crippen LogP contribution in [0.5, 0.6) is 11.5 Å². The molecule has 19 heteroatoms. The van der Waals surface area contributed by atoms with Crippen molar-refractivity contribution < 1.29 is 59.4 Å². The van der Waals surface area contributed by atoms with Gasteiger partial charge in [0.15, 0.2) is 11.4 Å². The smallest absolute Gasteiger partial charge is 0.437 e. The van der Waals surface area contributed by atoms with Crippen molar-refractivity contribution in [3.8, 4) is 11.5 Å². The fourth-order valence-corrected chi connectivity index (χ4v) is 9.59. The molecule has 322 valence electrons. The van der Waals surface area contributed by atoms with E-state index >= 15 is 0 Å². The molecular formula is C40H49F4N5O9S. The number of nitrogens with one attached hydrogen (secondary N) is 3. The molecule has 0 radical (unpaired) electrons. The summed E-state index contributed by atoms with van der Waals surface area (Å²) in [6, 6.07) is 1.35. The lowest BCUT2D eigenvalue weighted by molar-refractivity contribution is -0.144. The lowest BCUT2D eigenvalue weighted by Crippen LogP contribution is -2.58. The number of ether oxygens (including phenoxy) is 3. The molecule has 2 aromatic rings.